The number of carbonyl (C=O) groups excluding carboxylic acids is 1. The summed E-state index contributed by atoms with van der Waals surface area (Å²) in [5.41, 5.74) is 5.10. The van der Waals surface area contributed by atoms with E-state index in [0.717, 1.165) is 12.8 Å². The van der Waals surface area contributed by atoms with E-state index >= 15 is 0 Å². The lowest BCUT2D eigenvalue weighted by Gasteiger charge is -2.28. The summed E-state index contributed by atoms with van der Waals surface area (Å²) in [5, 5.41) is 9.41. The molecule has 1 fully saturated rings. The van der Waals surface area contributed by atoms with Gasteiger partial charge in [0.05, 0.1) is 12.0 Å². The van der Waals surface area contributed by atoms with Crippen molar-refractivity contribution in [1.29, 1.82) is 0 Å². The first-order chi connectivity index (χ1) is 5.11. The van der Waals surface area contributed by atoms with E-state index in [1.165, 1.54) is 0 Å². The van der Waals surface area contributed by atoms with Crippen molar-refractivity contribution in [2.45, 2.75) is 32.3 Å². The molecular weight excluding hydrogens is 142 g/mol. The van der Waals surface area contributed by atoms with Gasteiger partial charge in [-0.1, -0.05) is 6.92 Å². The fraction of sp³-hybridized carbons (Fsp3) is 0.875. The SMILES string of the molecule is CC1CCC(C(N)=O)C(O)C1. The molecule has 3 heteroatoms. The molecule has 1 saturated carbocycles. The Hall–Kier alpha value is -0.570. The Labute approximate surface area is 66.6 Å². The van der Waals surface area contributed by atoms with E-state index in [0.29, 0.717) is 12.3 Å². The summed E-state index contributed by atoms with van der Waals surface area (Å²) >= 11 is 0. The van der Waals surface area contributed by atoms with E-state index in [1.54, 1.807) is 0 Å². The third-order valence-electron chi connectivity index (χ3n) is 2.44. The molecule has 0 aromatic carbocycles. The van der Waals surface area contributed by atoms with E-state index in [-0.39, 0.29) is 11.8 Å². The van der Waals surface area contributed by atoms with Gasteiger partial charge in [0.2, 0.25) is 5.91 Å². The normalized spacial score (nSPS) is 38.5. The summed E-state index contributed by atoms with van der Waals surface area (Å²) in [7, 11) is 0. The number of hydrogen-bond donors (Lipinski definition) is 2. The molecule has 0 bridgehead atoms. The second-order valence-corrected chi connectivity index (χ2v) is 3.49. The van der Waals surface area contributed by atoms with Crippen LogP contribution >= 0.6 is 0 Å². The minimum Gasteiger partial charge on any atom is -0.392 e. The van der Waals surface area contributed by atoms with Gasteiger partial charge in [0.25, 0.3) is 0 Å². The first-order valence-corrected chi connectivity index (χ1v) is 4.08. The van der Waals surface area contributed by atoms with E-state index in [1.807, 2.05) is 0 Å². The molecule has 3 unspecified atom stereocenters. The lowest BCUT2D eigenvalue weighted by Crippen LogP contribution is -2.37. The van der Waals surface area contributed by atoms with E-state index in [4.69, 9.17) is 5.73 Å². The van der Waals surface area contributed by atoms with Gasteiger partial charge in [-0.25, -0.2) is 0 Å². The number of nitrogens with two attached hydrogens (primary N) is 1. The molecule has 0 heterocycles. The van der Waals surface area contributed by atoms with Crippen LogP contribution in [0.3, 0.4) is 0 Å². The van der Waals surface area contributed by atoms with Gasteiger partial charge in [-0.2, -0.15) is 0 Å². The van der Waals surface area contributed by atoms with Crippen LogP contribution in [0.1, 0.15) is 26.2 Å². The maximum atomic E-state index is 10.7. The monoisotopic (exact) mass is 157 g/mol. The Bertz CT molecular complexity index is 158. The average Bonchev–Trinajstić information content (AvgIpc) is 1.85. The number of carbonyl (C=O) groups is 1. The van der Waals surface area contributed by atoms with Crippen molar-refractivity contribution in [2.75, 3.05) is 0 Å². The molecule has 0 saturated heterocycles. The minimum atomic E-state index is -0.503. The second-order valence-electron chi connectivity index (χ2n) is 3.49. The first-order valence-electron chi connectivity index (χ1n) is 4.08. The van der Waals surface area contributed by atoms with Crippen LogP contribution < -0.4 is 5.73 Å². The van der Waals surface area contributed by atoms with Crippen molar-refractivity contribution < 1.29 is 9.90 Å². The van der Waals surface area contributed by atoms with Crippen LogP contribution in [0, 0.1) is 11.8 Å². The predicted octanol–water partition coefficient (Wildman–Crippen LogP) is 0.269. The van der Waals surface area contributed by atoms with Gasteiger partial charge in [0.1, 0.15) is 0 Å². The fourth-order valence-corrected chi connectivity index (χ4v) is 1.68. The third-order valence-corrected chi connectivity index (χ3v) is 2.44. The maximum Gasteiger partial charge on any atom is 0.223 e. The van der Waals surface area contributed by atoms with Crippen LogP contribution in [0.25, 0.3) is 0 Å². The van der Waals surface area contributed by atoms with Crippen LogP contribution in [-0.4, -0.2) is 17.1 Å². The molecule has 0 spiro atoms. The highest BCUT2D eigenvalue weighted by atomic mass is 16.3. The molecule has 1 aliphatic rings. The molecule has 1 aliphatic carbocycles. The second kappa shape index (κ2) is 3.22. The Morgan fingerprint density at radius 2 is 2.18 bits per heavy atom. The Kier molecular flexibility index (Phi) is 2.49. The van der Waals surface area contributed by atoms with E-state index in [9.17, 15) is 9.90 Å². The smallest absolute Gasteiger partial charge is 0.223 e. The molecule has 64 valence electrons. The molecular formula is C8H15NO2. The number of aliphatic hydroxyl groups excluding tert-OH is 1. The largest absolute Gasteiger partial charge is 0.392 e. The molecule has 0 aromatic heterocycles. The topological polar surface area (TPSA) is 63.3 Å². The molecule has 1 amide bonds. The van der Waals surface area contributed by atoms with Crippen molar-refractivity contribution in [2.24, 2.45) is 17.6 Å². The first kappa shape index (κ1) is 8.53. The van der Waals surface area contributed by atoms with Crippen LogP contribution in [0.4, 0.5) is 0 Å². The van der Waals surface area contributed by atoms with Gasteiger partial charge < -0.3 is 10.8 Å². The third kappa shape index (κ3) is 1.93. The quantitative estimate of drug-likeness (QED) is 0.573. The summed E-state index contributed by atoms with van der Waals surface area (Å²) < 4.78 is 0. The highest BCUT2D eigenvalue weighted by Crippen LogP contribution is 2.28. The summed E-state index contributed by atoms with van der Waals surface area (Å²) in [6, 6.07) is 0. The summed E-state index contributed by atoms with van der Waals surface area (Å²) in [4.78, 5) is 10.7. The maximum absolute atomic E-state index is 10.7. The Morgan fingerprint density at radius 1 is 1.55 bits per heavy atom. The van der Waals surface area contributed by atoms with Crippen LogP contribution in [0.15, 0.2) is 0 Å². The molecule has 3 N–H and O–H groups in total. The summed E-state index contributed by atoms with van der Waals surface area (Å²) in [5.74, 6) is -0.129. The van der Waals surface area contributed by atoms with Crippen molar-refractivity contribution >= 4 is 5.91 Å². The number of rotatable bonds is 1. The van der Waals surface area contributed by atoms with Crippen molar-refractivity contribution in [3.05, 3.63) is 0 Å². The number of aliphatic hydroxyl groups is 1. The van der Waals surface area contributed by atoms with Gasteiger partial charge in [-0.05, 0) is 25.2 Å². The van der Waals surface area contributed by atoms with Crippen LogP contribution in [0.5, 0.6) is 0 Å². The van der Waals surface area contributed by atoms with Gasteiger partial charge in [0.15, 0.2) is 0 Å². The highest BCUT2D eigenvalue weighted by molar-refractivity contribution is 5.77. The van der Waals surface area contributed by atoms with Crippen molar-refractivity contribution in [3.63, 3.8) is 0 Å². The number of amides is 1. The summed E-state index contributed by atoms with van der Waals surface area (Å²) in [6.45, 7) is 2.08. The minimum absolute atomic E-state index is 0.300. The van der Waals surface area contributed by atoms with Crippen LogP contribution in [0.2, 0.25) is 0 Å². The lowest BCUT2D eigenvalue weighted by molar-refractivity contribution is -0.127. The van der Waals surface area contributed by atoms with Gasteiger partial charge in [-0.15, -0.1) is 0 Å². The molecule has 0 radical (unpaired) electrons. The predicted molar refractivity (Wildman–Crippen MR) is 41.7 cm³/mol. The van der Waals surface area contributed by atoms with E-state index in [2.05, 4.69) is 6.92 Å². The van der Waals surface area contributed by atoms with Crippen LogP contribution in [-0.2, 0) is 4.79 Å². The van der Waals surface area contributed by atoms with E-state index < -0.39 is 6.10 Å². The average molecular weight is 157 g/mol. The molecule has 3 nitrogen and oxygen atoms in total. The molecule has 0 aliphatic heterocycles. The highest BCUT2D eigenvalue weighted by Gasteiger charge is 2.30. The molecule has 0 aromatic rings. The summed E-state index contributed by atoms with van der Waals surface area (Å²) in [6.07, 6.45) is 1.96. The zero-order valence-corrected chi connectivity index (χ0v) is 6.79. The van der Waals surface area contributed by atoms with Crippen molar-refractivity contribution in [1.82, 2.24) is 0 Å². The van der Waals surface area contributed by atoms with Gasteiger partial charge in [0, 0.05) is 0 Å². The standard InChI is InChI=1S/C8H15NO2/c1-5-2-3-6(8(9)11)7(10)4-5/h5-7,10H,2-4H2,1H3,(H2,9,11). The molecule has 11 heavy (non-hydrogen) atoms. The zero-order chi connectivity index (χ0) is 8.43. The van der Waals surface area contributed by atoms with Crippen molar-refractivity contribution in [3.8, 4) is 0 Å². The van der Waals surface area contributed by atoms with Gasteiger partial charge in [-0.3, -0.25) is 4.79 Å². The Balaban J connectivity index is 2.50. The fourth-order valence-electron chi connectivity index (χ4n) is 1.68. The molecule has 3 atom stereocenters. The number of primary amides is 1. The zero-order valence-electron chi connectivity index (χ0n) is 6.79. The molecule has 1 rings (SSSR count). The Morgan fingerprint density at radius 3 is 2.64 bits per heavy atom. The lowest BCUT2D eigenvalue weighted by atomic mass is 9.80. The number of hydrogen-bond acceptors (Lipinski definition) is 2. The van der Waals surface area contributed by atoms with Gasteiger partial charge >= 0.3 is 0 Å².